The van der Waals surface area contributed by atoms with Crippen molar-refractivity contribution in [2.45, 2.75) is 26.2 Å². The molecule has 2 aromatic heterocycles. The minimum atomic E-state index is -0.439. The van der Waals surface area contributed by atoms with Gasteiger partial charge >= 0.3 is 0 Å². The molecule has 2 heterocycles. The lowest BCUT2D eigenvalue weighted by atomic mass is 9.92. The molecule has 8 nitrogen and oxygen atoms in total. The third-order valence-corrected chi connectivity index (χ3v) is 2.35. The number of carbonyl (C=O) groups is 1. The number of nitrogens with one attached hydrogen (secondary N) is 3. The predicted octanol–water partition coefficient (Wildman–Crippen LogP) is 0.660. The number of rotatable bonds is 2. The molecule has 0 saturated carbocycles. The molecule has 0 unspecified atom stereocenters. The number of H-pyrrole nitrogens is 2. The van der Waals surface area contributed by atoms with Gasteiger partial charge in [-0.15, -0.1) is 5.10 Å². The van der Waals surface area contributed by atoms with Gasteiger partial charge in [-0.05, 0) is 0 Å². The average molecular weight is 249 g/mol. The molecule has 0 fully saturated rings. The van der Waals surface area contributed by atoms with E-state index in [-0.39, 0.29) is 17.2 Å². The van der Waals surface area contributed by atoms with Crippen molar-refractivity contribution in [1.29, 1.82) is 0 Å². The van der Waals surface area contributed by atoms with E-state index in [0.717, 1.165) is 5.69 Å². The Morgan fingerprint density at radius 2 is 2.06 bits per heavy atom. The molecule has 18 heavy (non-hydrogen) atoms. The van der Waals surface area contributed by atoms with Crippen LogP contribution in [0.2, 0.25) is 0 Å². The second-order valence-corrected chi connectivity index (χ2v) is 4.91. The molecule has 2 rings (SSSR count). The van der Waals surface area contributed by atoms with E-state index >= 15 is 0 Å². The quantitative estimate of drug-likeness (QED) is 0.622. The van der Waals surface area contributed by atoms with Gasteiger partial charge in [-0.3, -0.25) is 15.0 Å². The number of nitrogens with zero attached hydrogens (tertiary/aromatic N) is 3. The molecule has 0 spiro atoms. The first kappa shape index (κ1) is 12.1. The molecular weight excluding hydrogens is 234 g/mol. The molecule has 0 aliphatic carbocycles. The number of aromatic amines is 2. The number of hydrogen-bond donors (Lipinski definition) is 4. The third-order valence-electron chi connectivity index (χ3n) is 2.35. The number of nitrogen functional groups attached to an aromatic ring is 1. The Morgan fingerprint density at radius 1 is 1.33 bits per heavy atom. The second-order valence-electron chi connectivity index (χ2n) is 4.91. The maximum absolute atomic E-state index is 11.7. The molecule has 5 N–H and O–H groups in total. The molecule has 0 aliphatic rings. The third kappa shape index (κ3) is 2.47. The van der Waals surface area contributed by atoms with Gasteiger partial charge in [0, 0.05) is 17.2 Å². The van der Waals surface area contributed by atoms with Gasteiger partial charge in [0.2, 0.25) is 11.8 Å². The van der Waals surface area contributed by atoms with Crippen LogP contribution >= 0.6 is 0 Å². The van der Waals surface area contributed by atoms with Crippen molar-refractivity contribution in [3.8, 4) is 0 Å². The van der Waals surface area contributed by atoms with Gasteiger partial charge in [-0.1, -0.05) is 20.8 Å². The predicted molar refractivity (Wildman–Crippen MR) is 66.0 cm³/mol. The van der Waals surface area contributed by atoms with Crippen molar-refractivity contribution in [2.75, 3.05) is 11.1 Å². The minimum absolute atomic E-state index is 0.0255. The molecule has 96 valence electrons. The van der Waals surface area contributed by atoms with E-state index in [1.165, 1.54) is 0 Å². The van der Waals surface area contributed by atoms with Crippen LogP contribution in [0.25, 0.3) is 0 Å². The summed E-state index contributed by atoms with van der Waals surface area (Å²) in [5, 5.41) is 15.5. The fourth-order valence-electron chi connectivity index (χ4n) is 1.32. The van der Waals surface area contributed by atoms with Crippen LogP contribution in [0.5, 0.6) is 0 Å². The molecule has 2 aromatic rings. The number of aromatic nitrogens is 5. The first-order valence-electron chi connectivity index (χ1n) is 5.41. The molecule has 0 aliphatic heterocycles. The molecule has 0 saturated heterocycles. The van der Waals surface area contributed by atoms with Crippen LogP contribution in [0, 0.1) is 0 Å². The number of hydrogen-bond acceptors (Lipinski definition) is 5. The van der Waals surface area contributed by atoms with Crippen LogP contribution in [-0.2, 0) is 5.41 Å². The number of amides is 1. The van der Waals surface area contributed by atoms with Crippen LogP contribution in [0.4, 0.5) is 11.8 Å². The van der Waals surface area contributed by atoms with Gasteiger partial charge in [-0.25, -0.2) is 0 Å². The largest absolute Gasteiger partial charge is 0.366 e. The van der Waals surface area contributed by atoms with E-state index in [1.54, 1.807) is 6.07 Å². The molecule has 8 heteroatoms. The lowest BCUT2D eigenvalue weighted by Gasteiger charge is -2.14. The molecule has 0 aromatic carbocycles. The molecular formula is C10H15N7O. The lowest BCUT2D eigenvalue weighted by Crippen LogP contribution is -2.14. The summed E-state index contributed by atoms with van der Waals surface area (Å²) in [4.78, 5) is 15.5. The van der Waals surface area contributed by atoms with Crippen LogP contribution in [0.1, 0.15) is 37.1 Å². The maximum Gasteiger partial charge on any atom is 0.294 e. The summed E-state index contributed by atoms with van der Waals surface area (Å²) < 4.78 is 0. The summed E-state index contributed by atoms with van der Waals surface area (Å²) in [5.41, 5.74) is 6.18. The smallest absolute Gasteiger partial charge is 0.294 e. The summed E-state index contributed by atoms with van der Waals surface area (Å²) >= 11 is 0. The zero-order valence-electron chi connectivity index (χ0n) is 10.4. The number of anilines is 2. The van der Waals surface area contributed by atoms with E-state index in [1.807, 2.05) is 20.8 Å². The normalized spacial score (nSPS) is 11.5. The van der Waals surface area contributed by atoms with Crippen molar-refractivity contribution in [3.05, 3.63) is 17.6 Å². The first-order chi connectivity index (χ1) is 8.36. The van der Waals surface area contributed by atoms with Crippen LogP contribution in [0.3, 0.4) is 0 Å². The first-order valence-corrected chi connectivity index (χ1v) is 5.41. The molecule has 1 amide bonds. The topological polar surface area (TPSA) is 125 Å². The highest BCUT2D eigenvalue weighted by Gasteiger charge is 2.18. The highest BCUT2D eigenvalue weighted by atomic mass is 16.2. The van der Waals surface area contributed by atoms with Gasteiger partial charge in [0.05, 0.1) is 0 Å². The van der Waals surface area contributed by atoms with Crippen molar-refractivity contribution in [3.63, 3.8) is 0 Å². The van der Waals surface area contributed by atoms with E-state index in [0.29, 0.717) is 5.82 Å². The Kier molecular flexibility index (Phi) is 2.77. The Bertz CT molecular complexity index is 563. The Balaban J connectivity index is 2.10. The molecule has 0 radical (unpaired) electrons. The van der Waals surface area contributed by atoms with Gasteiger partial charge < -0.3 is 11.1 Å². The van der Waals surface area contributed by atoms with Crippen molar-refractivity contribution in [1.82, 2.24) is 25.4 Å². The monoisotopic (exact) mass is 249 g/mol. The van der Waals surface area contributed by atoms with Crippen molar-refractivity contribution >= 4 is 17.7 Å². The lowest BCUT2D eigenvalue weighted by molar-refractivity contribution is 0.101. The number of nitrogens with two attached hydrogens (primary N) is 1. The second kappa shape index (κ2) is 4.13. The maximum atomic E-state index is 11.7. The van der Waals surface area contributed by atoms with Crippen LogP contribution in [0.15, 0.2) is 6.07 Å². The average Bonchev–Trinajstić information content (AvgIpc) is 2.85. The Labute approximate surface area is 103 Å². The highest BCUT2D eigenvalue weighted by molar-refractivity contribution is 6.01. The van der Waals surface area contributed by atoms with Crippen LogP contribution in [-0.4, -0.2) is 31.3 Å². The highest BCUT2D eigenvalue weighted by Crippen LogP contribution is 2.21. The summed E-state index contributed by atoms with van der Waals surface area (Å²) in [5.74, 6) is 0.0661. The van der Waals surface area contributed by atoms with Gasteiger partial charge in [0.25, 0.3) is 5.91 Å². The van der Waals surface area contributed by atoms with Gasteiger partial charge in [-0.2, -0.15) is 10.1 Å². The zero-order valence-corrected chi connectivity index (χ0v) is 10.4. The SMILES string of the molecule is CC(C)(C)c1cc(NC(=O)c2nc(N)n[nH]2)n[nH]1. The standard InChI is InChI=1S/C10H15N7O/c1-10(2,3)5-4-6(15-14-5)12-8(18)7-13-9(11)17-16-7/h4H,1-3H3,(H3,11,13,16,17)(H2,12,14,15,18). The summed E-state index contributed by atoms with van der Waals surface area (Å²) in [6.45, 7) is 6.13. The van der Waals surface area contributed by atoms with E-state index in [4.69, 9.17) is 5.73 Å². The summed E-state index contributed by atoms with van der Waals surface area (Å²) in [6.07, 6.45) is 0. The summed E-state index contributed by atoms with van der Waals surface area (Å²) in [6, 6.07) is 1.78. The van der Waals surface area contributed by atoms with Crippen molar-refractivity contribution < 1.29 is 4.79 Å². The minimum Gasteiger partial charge on any atom is -0.366 e. The van der Waals surface area contributed by atoms with Gasteiger partial charge in [0.15, 0.2) is 5.82 Å². The van der Waals surface area contributed by atoms with Crippen molar-refractivity contribution in [2.24, 2.45) is 0 Å². The van der Waals surface area contributed by atoms with E-state index < -0.39 is 5.91 Å². The number of carbonyl (C=O) groups excluding carboxylic acids is 1. The summed E-state index contributed by atoms with van der Waals surface area (Å²) in [7, 11) is 0. The van der Waals surface area contributed by atoms with E-state index in [2.05, 4.69) is 30.7 Å². The van der Waals surface area contributed by atoms with E-state index in [9.17, 15) is 4.79 Å². The van der Waals surface area contributed by atoms with Crippen LogP contribution < -0.4 is 11.1 Å². The molecule has 0 bridgehead atoms. The fourth-order valence-corrected chi connectivity index (χ4v) is 1.32. The Morgan fingerprint density at radius 3 is 2.56 bits per heavy atom. The Hall–Kier alpha value is -2.38. The fraction of sp³-hybridized carbons (Fsp3) is 0.400. The van der Waals surface area contributed by atoms with Gasteiger partial charge in [0.1, 0.15) is 0 Å². The zero-order chi connectivity index (χ0) is 13.3. The molecule has 0 atom stereocenters.